The summed E-state index contributed by atoms with van der Waals surface area (Å²) in [6, 6.07) is 3.80. The number of rotatable bonds is 7. The van der Waals surface area contributed by atoms with Crippen molar-refractivity contribution in [3.05, 3.63) is 35.0 Å². The molecule has 2 aliphatic rings. The predicted molar refractivity (Wildman–Crippen MR) is 119 cm³/mol. The van der Waals surface area contributed by atoms with Crippen molar-refractivity contribution in [1.29, 1.82) is 0 Å². The molecule has 0 radical (unpaired) electrons. The lowest BCUT2D eigenvalue weighted by atomic mass is 10.00. The average Bonchev–Trinajstić information content (AvgIpc) is 2.83. The number of nitrogens with zero attached hydrogens (tertiary/aromatic N) is 3. The molecule has 184 valence electrons. The summed E-state index contributed by atoms with van der Waals surface area (Å²) in [4.78, 5) is 21.9. The fourth-order valence-corrected chi connectivity index (χ4v) is 3.94. The van der Waals surface area contributed by atoms with Gasteiger partial charge in [0.05, 0.1) is 26.0 Å². The van der Waals surface area contributed by atoms with Crippen LogP contribution < -0.4 is 20.7 Å². The number of anilines is 3. The van der Waals surface area contributed by atoms with Crippen LogP contribution in [-0.2, 0) is 28.7 Å². The van der Waals surface area contributed by atoms with E-state index in [2.05, 4.69) is 25.9 Å². The third-order valence-corrected chi connectivity index (χ3v) is 5.74. The van der Waals surface area contributed by atoms with Gasteiger partial charge in [0, 0.05) is 38.8 Å². The molecular weight excluding hydrogens is 453 g/mol. The number of hydrogen-bond donors (Lipinski definition) is 3. The third-order valence-electron chi connectivity index (χ3n) is 5.74. The van der Waals surface area contributed by atoms with Gasteiger partial charge in [0.15, 0.2) is 0 Å². The molecule has 1 aromatic carbocycles. The number of hydrogen-bond acceptors (Lipinski definition) is 8. The maximum Gasteiger partial charge on any atom is 0.421 e. The molecule has 0 aliphatic carbocycles. The Kier molecular flexibility index (Phi) is 7.37. The number of fused-ring (bicyclic) bond motifs is 1. The molecule has 34 heavy (non-hydrogen) atoms. The number of carbonyl (C=O) groups is 1. The summed E-state index contributed by atoms with van der Waals surface area (Å²) in [5.74, 6) is -0.00525. The molecule has 1 amide bonds. The standard InChI is InChI=1S/C22H27F3N6O3/c1-33-18-11-14-2-4-26-12-15(14)10-17(18)29-21-28-13-16(22(23,24)25)20(30-21)27-5-3-19(32)31-6-8-34-9-7-31/h10-11,13,26H,2-9,12H2,1H3,(H2,27,28,29,30). The Morgan fingerprint density at radius 3 is 2.79 bits per heavy atom. The van der Waals surface area contributed by atoms with E-state index in [1.807, 2.05) is 12.1 Å². The topological polar surface area (TPSA) is 101 Å². The van der Waals surface area contributed by atoms with Crippen LogP contribution >= 0.6 is 0 Å². The lowest BCUT2D eigenvalue weighted by Gasteiger charge is -2.27. The largest absolute Gasteiger partial charge is 0.495 e. The van der Waals surface area contributed by atoms with E-state index in [1.54, 1.807) is 4.90 Å². The Hall–Kier alpha value is -3.12. The van der Waals surface area contributed by atoms with Gasteiger partial charge in [-0.1, -0.05) is 0 Å². The summed E-state index contributed by atoms with van der Waals surface area (Å²) in [6.07, 6.45) is -3.02. The quantitative estimate of drug-likeness (QED) is 0.556. The number of nitrogens with one attached hydrogen (secondary N) is 3. The van der Waals surface area contributed by atoms with Crippen LogP contribution in [0.5, 0.6) is 5.75 Å². The monoisotopic (exact) mass is 480 g/mol. The molecular formula is C22H27F3N6O3. The highest BCUT2D eigenvalue weighted by Crippen LogP contribution is 2.35. The number of morpholine rings is 1. The molecule has 2 aromatic rings. The number of alkyl halides is 3. The van der Waals surface area contributed by atoms with Gasteiger partial charge >= 0.3 is 6.18 Å². The van der Waals surface area contributed by atoms with E-state index in [9.17, 15) is 18.0 Å². The summed E-state index contributed by atoms with van der Waals surface area (Å²) in [7, 11) is 1.53. The summed E-state index contributed by atoms with van der Waals surface area (Å²) in [5.41, 5.74) is 1.78. The zero-order valence-electron chi connectivity index (χ0n) is 18.8. The number of ether oxygens (including phenoxy) is 2. The van der Waals surface area contributed by atoms with E-state index >= 15 is 0 Å². The number of amides is 1. The van der Waals surface area contributed by atoms with Crippen LogP contribution in [0.25, 0.3) is 0 Å². The molecule has 12 heteroatoms. The Balaban J connectivity index is 1.51. The molecule has 0 atom stereocenters. The molecule has 4 rings (SSSR count). The fraction of sp³-hybridized carbons (Fsp3) is 0.500. The van der Waals surface area contributed by atoms with Gasteiger partial charge in [0.2, 0.25) is 11.9 Å². The van der Waals surface area contributed by atoms with Crippen molar-refractivity contribution in [2.75, 3.05) is 57.1 Å². The Morgan fingerprint density at radius 1 is 1.26 bits per heavy atom. The molecule has 1 saturated heterocycles. The Morgan fingerprint density at radius 2 is 2.06 bits per heavy atom. The smallest absolute Gasteiger partial charge is 0.421 e. The molecule has 3 N–H and O–H groups in total. The van der Waals surface area contributed by atoms with Gasteiger partial charge < -0.3 is 30.3 Å². The number of aromatic nitrogens is 2. The van der Waals surface area contributed by atoms with Gasteiger partial charge in [0.25, 0.3) is 0 Å². The predicted octanol–water partition coefficient (Wildman–Crippen LogP) is 2.55. The van der Waals surface area contributed by atoms with Gasteiger partial charge in [-0.2, -0.15) is 18.2 Å². The Bertz CT molecular complexity index is 1030. The van der Waals surface area contributed by atoms with Crippen molar-refractivity contribution in [2.45, 2.75) is 25.6 Å². The van der Waals surface area contributed by atoms with Crippen LogP contribution in [-0.4, -0.2) is 67.3 Å². The van der Waals surface area contributed by atoms with Crippen LogP contribution in [0.4, 0.5) is 30.6 Å². The normalized spacial score (nSPS) is 16.1. The highest BCUT2D eigenvalue weighted by Gasteiger charge is 2.35. The molecule has 1 aromatic heterocycles. The van der Waals surface area contributed by atoms with Crippen LogP contribution in [0.2, 0.25) is 0 Å². The summed E-state index contributed by atoms with van der Waals surface area (Å²) in [6.45, 7) is 3.43. The van der Waals surface area contributed by atoms with E-state index in [0.29, 0.717) is 44.3 Å². The van der Waals surface area contributed by atoms with Crippen molar-refractivity contribution in [3.8, 4) is 5.75 Å². The minimum atomic E-state index is -4.65. The van der Waals surface area contributed by atoms with Gasteiger partial charge in [-0.05, 0) is 36.2 Å². The molecule has 3 heterocycles. The van der Waals surface area contributed by atoms with Crippen LogP contribution in [0.3, 0.4) is 0 Å². The molecule has 1 fully saturated rings. The van der Waals surface area contributed by atoms with Crippen molar-refractivity contribution < 1.29 is 27.4 Å². The second-order valence-corrected chi connectivity index (χ2v) is 8.00. The minimum Gasteiger partial charge on any atom is -0.495 e. The number of benzene rings is 1. The molecule has 0 saturated carbocycles. The van der Waals surface area contributed by atoms with Crippen molar-refractivity contribution in [2.24, 2.45) is 0 Å². The summed E-state index contributed by atoms with van der Waals surface area (Å²) < 4.78 is 51.3. The van der Waals surface area contributed by atoms with E-state index in [4.69, 9.17) is 9.47 Å². The molecule has 2 aliphatic heterocycles. The molecule has 0 unspecified atom stereocenters. The van der Waals surface area contributed by atoms with Gasteiger partial charge in [0.1, 0.15) is 17.1 Å². The lowest BCUT2D eigenvalue weighted by Crippen LogP contribution is -2.41. The second kappa shape index (κ2) is 10.4. The summed E-state index contributed by atoms with van der Waals surface area (Å²) >= 11 is 0. The van der Waals surface area contributed by atoms with E-state index in [1.165, 1.54) is 7.11 Å². The average molecular weight is 480 g/mol. The third kappa shape index (κ3) is 5.68. The first-order chi connectivity index (χ1) is 16.3. The lowest BCUT2D eigenvalue weighted by molar-refractivity contribution is -0.137. The van der Waals surface area contributed by atoms with E-state index < -0.39 is 17.6 Å². The highest BCUT2D eigenvalue weighted by atomic mass is 19.4. The fourth-order valence-electron chi connectivity index (χ4n) is 3.94. The van der Waals surface area contributed by atoms with Gasteiger partial charge in [-0.15, -0.1) is 0 Å². The SMILES string of the molecule is COc1cc2c(cc1Nc1ncc(C(F)(F)F)c(NCCC(=O)N3CCOCC3)n1)CNCC2. The maximum atomic E-state index is 13.5. The minimum absolute atomic E-state index is 0.00353. The second-order valence-electron chi connectivity index (χ2n) is 8.00. The maximum absolute atomic E-state index is 13.5. The van der Waals surface area contributed by atoms with E-state index in [-0.39, 0.29) is 24.8 Å². The highest BCUT2D eigenvalue weighted by molar-refractivity contribution is 5.77. The molecule has 9 nitrogen and oxygen atoms in total. The first kappa shape index (κ1) is 24.0. The number of halogens is 3. The summed E-state index contributed by atoms with van der Waals surface area (Å²) in [5, 5.41) is 8.92. The Labute approximate surface area is 195 Å². The molecule has 0 spiro atoms. The van der Waals surface area contributed by atoms with Crippen molar-refractivity contribution in [3.63, 3.8) is 0 Å². The molecule has 0 bridgehead atoms. The zero-order valence-corrected chi connectivity index (χ0v) is 18.8. The number of carbonyl (C=O) groups excluding carboxylic acids is 1. The number of methoxy groups -OCH3 is 1. The van der Waals surface area contributed by atoms with Gasteiger partial charge in [-0.3, -0.25) is 4.79 Å². The first-order valence-electron chi connectivity index (χ1n) is 11.1. The van der Waals surface area contributed by atoms with Crippen molar-refractivity contribution in [1.82, 2.24) is 20.2 Å². The van der Waals surface area contributed by atoms with Crippen molar-refractivity contribution >= 4 is 23.4 Å². The first-order valence-corrected chi connectivity index (χ1v) is 11.1. The van der Waals surface area contributed by atoms with E-state index in [0.717, 1.165) is 30.3 Å². The van der Waals surface area contributed by atoms with Crippen LogP contribution in [0, 0.1) is 0 Å². The zero-order chi connectivity index (χ0) is 24.1. The van der Waals surface area contributed by atoms with Crippen LogP contribution in [0.1, 0.15) is 23.1 Å². The van der Waals surface area contributed by atoms with Crippen LogP contribution in [0.15, 0.2) is 18.3 Å². The van der Waals surface area contributed by atoms with Gasteiger partial charge in [-0.25, -0.2) is 4.98 Å².